The normalized spacial score (nSPS) is 11.9. The minimum atomic E-state index is -0.530. The zero-order valence-electron chi connectivity index (χ0n) is 22.1. The van der Waals surface area contributed by atoms with Gasteiger partial charge in [0.1, 0.15) is 0 Å². The molecule has 0 aliphatic rings. The van der Waals surface area contributed by atoms with Crippen LogP contribution in [0.3, 0.4) is 0 Å². The van der Waals surface area contributed by atoms with Crippen LogP contribution in [0.2, 0.25) is 5.02 Å². The van der Waals surface area contributed by atoms with Crippen molar-refractivity contribution >= 4 is 34.1 Å². The number of rotatable bonds is 10. The Morgan fingerprint density at radius 1 is 1.07 bits per heavy atom. The standard InChI is InChI=1S/C30H30ClN7O2/c1-2-27(36(18-6-16-32)29(39)21-10-13-24(14-11-21)37-19-7-17-33-37)28-34-26-20-22(31)12-15-25(26)30(40)38(28)35-23-8-4-3-5-9-23/h3-5,7-15,17,19-20,27,35H,2,6,16,18,32H2,1H3. The molecule has 5 rings (SSSR count). The molecule has 0 aliphatic carbocycles. The molecule has 0 saturated heterocycles. The van der Waals surface area contributed by atoms with Crippen molar-refractivity contribution in [2.45, 2.75) is 25.8 Å². The summed E-state index contributed by atoms with van der Waals surface area (Å²) < 4.78 is 3.16. The van der Waals surface area contributed by atoms with Crippen LogP contribution in [-0.4, -0.2) is 43.3 Å². The maximum atomic E-state index is 14.0. The summed E-state index contributed by atoms with van der Waals surface area (Å²) in [6.45, 7) is 2.77. The number of benzene rings is 3. The number of hydrogen-bond acceptors (Lipinski definition) is 6. The van der Waals surface area contributed by atoms with Crippen molar-refractivity contribution in [3.63, 3.8) is 0 Å². The quantitative estimate of drug-likeness (QED) is 0.249. The molecule has 0 fully saturated rings. The van der Waals surface area contributed by atoms with Gasteiger partial charge in [0.2, 0.25) is 0 Å². The van der Waals surface area contributed by atoms with Crippen molar-refractivity contribution in [1.29, 1.82) is 0 Å². The van der Waals surface area contributed by atoms with Crippen molar-refractivity contribution in [1.82, 2.24) is 24.3 Å². The van der Waals surface area contributed by atoms with E-state index in [1.54, 1.807) is 46.1 Å². The third-order valence-electron chi connectivity index (χ3n) is 6.68. The number of carbonyl (C=O) groups is 1. The van der Waals surface area contributed by atoms with Gasteiger partial charge in [0.25, 0.3) is 11.5 Å². The van der Waals surface area contributed by atoms with E-state index in [1.807, 2.05) is 61.7 Å². The van der Waals surface area contributed by atoms with E-state index in [0.717, 1.165) is 5.69 Å². The van der Waals surface area contributed by atoms with Gasteiger partial charge in [-0.3, -0.25) is 15.0 Å². The molecular weight excluding hydrogens is 526 g/mol. The third kappa shape index (κ3) is 5.61. The van der Waals surface area contributed by atoms with Gasteiger partial charge < -0.3 is 10.6 Å². The lowest BCUT2D eigenvalue weighted by Gasteiger charge is -2.32. The van der Waals surface area contributed by atoms with E-state index in [9.17, 15) is 9.59 Å². The highest BCUT2D eigenvalue weighted by molar-refractivity contribution is 6.31. The van der Waals surface area contributed by atoms with E-state index < -0.39 is 6.04 Å². The Morgan fingerprint density at radius 3 is 2.52 bits per heavy atom. The monoisotopic (exact) mass is 555 g/mol. The summed E-state index contributed by atoms with van der Waals surface area (Å²) in [7, 11) is 0. The average Bonchev–Trinajstić information content (AvgIpc) is 3.52. The molecule has 0 radical (unpaired) electrons. The first-order valence-electron chi connectivity index (χ1n) is 13.2. The van der Waals surface area contributed by atoms with Gasteiger partial charge in [-0.15, -0.1) is 0 Å². The molecule has 1 amide bonds. The van der Waals surface area contributed by atoms with Gasteiger partial charge in [-0.25, -0.2) is 14.3 Å². The van der Waals surface area contributed by atoms with Gasteiger partial charge >= 0.3 is 0 Å². The lowest BCUT2D eigenvalue weighted by molar-refractivity contribution is 0.0657. The Morgan fingerprint density at radius 2 is 1.85 bits per heavy atom. The minimum absolute atomic E-state index is 0.181. The zero-order chi connectivity index (χ0) is 28.1. The van der Waals surface area contributed by atoms with E-state index in [1.165, 1.54) is 4.68 Å². The summed E-state index contributed by atoms with van der Waals surface area (Å²) in [5.41, 5.74) is 11.3. The molecule has 5 aromatic rings. The maximum absolute atomic E-state index is 14.0. The first-order valence-corrected chi connectivity index (χ1v) is 13.5. The number of amides is 1. The van der Waals surface area contributed by atoms with Crippen LogP contribution in [0.5, 0.6) is 0 Å². The lowest BCUT2D eigenvalue weighted by atomic mass is 10.1. The van der Waals surface area contributed by atoms with Gasteiger partial charge in [-0.2, -0.15) is 5.10 Å². The van der Waals surface area contributed by atoms with Crippen LogP contribution in [0.15, 0.2) is 96.1 Å². The van der Waals surface area contributed by atoms with Crippen molar-refractivity contribution in [3.05, 3.63) is 118 Å². The van der Waals surface area contributed by atoms with Crippen molar-refractivity contribution < 1.29 is 4.79 Å². The van der Waals surface area contributed by atoms with E-state index in [0.29, 0.717) is 58.9 Å². The van der Waals surface area contributed by atoms with Crippen LogP contribution < -0.4 is 16.7 Å². The fraction of sp³-hybridized carbons (Fsp3) is 0.200. The zero-order valence-corrected chi connectivity index (χ0v) is 22.8. The molecule has 2 aromatic heterocycles. The second-order valence-electron chi connectivity index (χ2n) is 9.31. The van der Waals surface area contributed by atoms with Crippen molar-refractivity contribution in [2.24, 2.45) is 5.73 Å². The summed E-state index contributed by atoms with van der Waals surface area (Å²) in [5, 5.41) is 5.14. The topological polar surface area (TPSA) is 111 Å². The number of nitrogens with zero attached hydrogens (tertiary/aromatic N) is 5. The Kier molecular flexibility index (Phi) is 8.23. The third-order valence-corrected chi connectivity index (χ3v) is 6.92. The summed E-state index contributed by atoms with van der Waals surface area (Å²) in [6, 6.07) is 23.0. The largest absolute Gasteiger partial charge is 0.330 e. The van der Waals surface area contributed by atoms with Crippen LogP contribution in [0, 0.1) is 0 Å². The van der Waals surface area contributed by atoms with E-state index in [-0.39, 0.29) is 11.5 Å². The molecule has 0 spiro atoms. The van der Waals surface area contributed by atoms with E-state index in [4.69, 9.17) is 22.3 Å². The Bertz CT molecular complexity index is 1650. The fourth-order valence-electron chi connectivity index (χ4n) is 4.70. The molecular formula is C30H30ClN7O2. The highest BCUT2D eigenvalue weighted by Gasteiger charge is 2.29. The van der Waals surface area contributed by atoms with Crippen molar-refractivity contribution in [2.75, 3.05) is 18.5 Å². The molecule has 0 bridgehead atoms. The first-order chi connectivity index (χ1) is 19.5. The number of para-hydroxylation sites is 1. The second kappa shape index (κ2) is 12.1. The maximum Gasteiger partial charge on any atom is 0.280 e. The SMILES string of the molecule is CCC(c1nc2cc(Cl)ccc2c(=O)n1Nc1ccccc1)N(CCCN)C(=O)c1ccc(-n2cccn2)cc1. The van der Waals surface area contributed by atoms with Crippen LogP contribution in [0.1, 0.15) is 42.0 Å². The molecule has 204 valence electrons. The lowest BCUT2D eigenvalue weighted by Crippen LogP contribution is -2.41. The predicted molar refractivity (Wildman–Crippen MR) is 158 cm³/mol. The Labute approximate surface area is 236 Å². The Balaban J connectivity index is 1.60. The average molecular weight is 556 g/mol. The van der Waals surface area contributed by atoms with Crippen LogP contribution in [0.25, 0.3) is 16.6 Å². The summed E-state index contributed by atoms with van der Waals surface area (Å²) >= 11 is 6.27. The first kappa shape index (κ1) is 27.1. The molecule has 1 atom stereocenters. The van der Waals surface area contributed by atoms with Gasteiger partial charge in [0.05, 0.1) is 28.3 Å². The van der Waals surface area contributed by atoms with Gasteiger partial charge in [-0.1, -0.05) is 36.7 Å². The molecule has 10 heteroatoms. The molecule has 3 aromatic carbocycles. The number of carbonyl (C=O) groups excluding carboxylic acids is 1. The van der Waals surface area contributed by atoms with Gasteiger partial charge in [0, 0.05) is 29.5 Å². The predicted octanol–water partition coefficient (Wildman–Crippen LogP) is 5.05. The van der Waals surface area contributed by atoms with Crippen molar-refractivity contribution in [3.8, 4) is 5.69 Å². The minimum Gasteiger partial charge on any atom is -0.330 e. The number of anilines is 1. The molecule has 9 nitrogen and oxygen atoms in total. The number of nitrogens with two attached hydrogens (primary N) is 1. The molecule has 1 unspecified atom stereocenters. The number of aromatic nitrogens is 4. The fourth-order valence-corrected chi connectivity index (χ4v) is 4.86. The smallest absolute Gasteiger partial charge is 0.280 e. The second-order valence-corrected chi connectivity index (χ2v) is 9.75. The number of nitrogens with one attached hydrogen (secondary N) is 1. The molecule has 0 aliphatic heterocycles. The Hall–Kier alpha value is -4.47. The number of fused-ring (bicyclic) bond motifs is 1. The van der Waals surface area contributed by atoms with Crippen LogP contribution in [0.4, 0.5) is 5.69 Å². The van der Waals surface area contributed by atoms with E-state index >= 15 is 0 Å². The van der Waals surface area contributed by atoms with Crippen LogP contribution >= 0.6 is 11.6 Å². The van der Waals surface area contributed by atoms with Crippen LogP contribution in [-0.2, 0) is 0 Å². The van der Waals surface area contributed by atoms with E-state index in [2.05, 4.69) is 10.5 Å². The summed E-state index contributed by atoms with van der Waals surface area (Å²) in [4.78, 5) is 34.4. The number of hydrogen-bond donors (Lipinski definition) is 2. The molecule has 0 saturated carbocycles. The highest BCUT2D eigenvalue weighted by atomic mass is 35.5. The highest BCUT2D eigenvalue weighted by Crippen LogP contribution is 2.27. The molecule has 3 N–H and O–H groups in total. The number of halogens is 1. The van der Waals surface area contributed by atoms with Gasteiger partial charge in [0.15, 0.2) is 5.82 Å². The summed E-state index contributed by atoms with van der Waals surface area (Å²) in [5.74, 6) is 0.226. The van der Waals surface area contributed by atoms with Gasteiger partial charge in [-0.05, 0) is 80.1 Å². The molecule has 2 heterocycles. The molecule has 40 heavy (non-hydrogen) atoms. The summed E-state index contributed by atoms with van der Waals surface area (Å²) in [6.07, 6.45) is 4.64.